The van der Waals surface area contributed by atoms with Gasteiger partial charge in [-0.25, -0.2) is 8.42 Å². The molecule has 0 spiro atoms. The maximum atomic E-state index is 12.3. The normalized spacial score (nSPS) is 11.6. The van der Waals surface area contributed by atoms with Gasteiger partial charge in [0.15, 0.2) is 0 Å². The molecule has 0 saturated heterocycles. The lowest BCUT2D eigenvalue weighted by molar-refractivity contribution is 0.601. The molecule has 0 saturated carbocycles. The summed E-state index contributed by atoms with van der Waals surface area (Å²) >= 11 is 3.32. The summed E-state index contributed by atoms with van der Waals surface area (Å²) in [5.41, 5.74) is 1.65. The number of sulfonamides is 1. The van der Waals surface area contributed by atoms with Gasteiger partial charge in [-0.05, 0) is 41.8 Å². The van der Waals surface area contributed by atoms with Crippen LogP contribution in [0.1, 0.15) is 25.3 Å². The zero-order valence-corrected chi connectivity index (χ0v) is 13.7. The molecule has 0 atom stereocenters. The third-order valence-electron chi connectivity index (χ3n) is 2.93. The van der Waals surface area contributed by atoms with Crippen molar-refractivity contribution in [2.75, 3.05) is 4.72 Å². The van der Waals surface area contributed by atoms with Crippen LogP contribution in [0.5, 0.6) is 0 Å². The molecule has 0 radical (unpaired) electrons. The standard InChI is InChI=1S/C15H16BrNO2S/c1-11(2)12-6-8-15(9-7-12)20(18,19)17-14-5-3-4-13(16)10-14/h3-11,17H,1-2H3. The van der Waals surface area contributed by atoms with E-state index in [0.29, 0.717) is 11.6 Å². The zero-order valence-electron chi connectivity index (χ0n) is 11.3. The first kappa shape index (κ1) is 15.1. The van der Waals surface area contributed by atoms with E-state index < -0.39 is 10.0 Å². The van der Waals surface area contributed by atoms with Crippen molar-refractivity contribution >= 4 is 31.6 Å². The van der Waals surface area contributed by atoms with Gasteiger partial charge in [0.1, 0.15) is 0 Å². The smallest absolute Gasteiger partial charge is 0.261 e. The predicted molar refractivity (Wildman–Crippen MR) is 85.5 cm³/mol. The Hall–Kier alpha value is -1.33. The van der Waals surface area contributed by atoms with Gasteiger partial charge in [0.25, 0.3) is 10.0 Å². The van der Waals surface area contributed by atoms with Gasteiger partial charge in [0, 0.05) is 10.2 Å². The van der Waals surface area contributed by atoms with E-state index in [2.05, 4.69) is 34.5 Å². The summed E-state index contributed by atoms with van der Waals surface area (Å²) in [5.74, 6) is 0.379. The molecule has 0 amide bonds. The number of benzene rings is 2. The fraction of sp³-hybridized carbons (Fsp3) is 0.200. The van der Waals surface area contributed by atoms with Crippen molar-refractivity contribution in [3.05, 3.63) is 58.6 Å². The minimum Gasteiger partial charge on any atom is -0.280 e. The lowest BCUT2D eigenvalue weighted by atomic mass is 10.0. The van der Waals surface area contributed by atoms with E-state index in [-0.39, 0.29) is 4.90 Å². The molecule has 0 aliphatic rings. The molecule has 5 heteroatoms. The maximum absolute atomic E-state index is 12.3. The highest BCUT2D eigenvalue weighted by atomic mass is 79.9. The highest BCUT2D eigenvalue weighted by Gasteiger charge is 2.14. The van der Waals surface area contributed by atoms with Crippen molar-refractivity contribution in [3.8, 4) is 0 Å². The van der Waals surface area contributed by atoms with Gasteiger partial charge in [-0.2, -0.15) is 0 Å². The Morgan fingerprint density at radius 2 is 1.70 bits per heavy atom. The largest absolute Gasteiger partial charge is 0.280 e. The quantitative estimate of drug-likeness (QED) is 0.886. The molecule has 0 heterocycles. The molecule has 3 nitrogen and oxygen atoms in total. The van der Waals surface area contributed by atoms with Crippen molar-refractivity contribution in [2.24, 2.45) is 0 Å². The number of nitrogens with one attached hydrogen (secondary N) is 1. The fourth-order valence-electron chi connectivity index (χ4n) is 1.80. The molecule has 0 aromatic heterocycles. The second-order valence-electron chi connectivity index (χ2n) is 4.84. The highest BCUT2D eigenvalue weighted by molar-refractivity contribution is 9.10. The first-order valence-corrected chi connectivity index (χ1v) is 8.54. The van der Waals surface area contributed by atoms with Crippen molar-refractivity contribution in [3.63, 3.8) is 0 Å². The Labute approximate surface area is 128 Å². The third kappa shape index (κ3) is 3.61. The molecule has 2 rings (SSSR count). The second-order valence-corrected chi connectivity index (χ2v) is 7.44. The van der Waals surface area contributed by atoms with Crippen LogP contribution in [-0.4, -0.2) is 8.42 Å². The van der Waals surface area contributed by atoms with E-state index in [1.165, 1.54) is 0 Å². The molecule has 0 unspecified atom stereocenters. The number of hydrogen-bond donors (Lipinski definition) is 1. The Morgan fingerprint density at radius 3 is 2.25 bits per heavy atom. The molecule has 0 aliphatic carbocycles. The minimum absolute atomic E-state index is 0.266. The average Bonchev–Trinajstić information content (AvgIpc) is 2.38. The van der Waals surface area contributed by atoms with E-state index in [0.717, 1.165) is 10.0 Å². The van der Waals surface area contributed by atoms with Gasteiger partial charge in [0.05, 0.1) is 4.90 Å². The molecule has 0 bridgehead atoms. The third-order valence-corrected chi connectivity index (χ3v) is 4.82. The lowest BCUT2D eigenvalue weighted by Crippen LogP contribution is -2.12. The van der Waals surface area contributed by atoms with Crippen LogP contribution in [0.25, 0.3) is 0 Å². The monoisotopic (exact) mass is 353 g/mol. The molecule has 20 heavy (non-hydrogen) atoms. The molecular weight excluding hydrogens is 338 g/mol. The van der Waals surface area contributed by atoms with Gasteiger partial charge in [-0.15, -0.1) is 0 Å². The fourth-order valence-corrected chi connectivity index (χ4v) is 3.25. The Morgan fingerprint density at radius 1 is 1.05 bits per heavy atom. The second kappa shape index (κ2) is 5.97. The highest BCUT2D eigenvalue weighted by Crippen LogP contribution is 2.21. The maximum Gasteiger partial charge on any atom is 0.261 e. The molecule has 1 N–H and O–H groups in total. The van der Waals surface area contributed by atoms with Crippen molar-refractivity contribution in [2.45, 2.75) is 24.7 Å². The van der Waals surface area contributed by atoms with Gasteiger partial charge in [0.2, 0.25) is 0 Å². The molecule has 106 valence electrons. The van der Waals surface area contributed by atoms with E-state index in [4.69, 9.17) is 0 Å². The van der Waals surface area contributed by atoms with Crippen LogP contribution in [0, 0.1) is 0 Å². The Balaban J connectivity index is 2.26. The van der Waals surface area contributed by atoms with E-state index in [9.17, 15) is 8.42 Å². The van der Waals surface area contributed by atoms with E-state index in [1.807, 2.05) is 18.2 Å². The minimum atomic E-state index is -3.54. The Kier molecular flexibility index (Phi) is 4.50. The topological polar surface area (TPSA) is 46.2 Å². The number of halogens is 1. The molecule has 0 aliphatic heterocycles. The van der Waals surface area contributed by atoms with Gasteiger partial charge >= 0.3 is 0 Å². The lowest BCUT2D eigenvalue weighted by Gasteiger charge is -2.10. The van der Waals surface area contributed by atoms with Gasteiger partial charge in [-0.1, -0.05) is 48.0 Å². The van der Waals surface area contributed by atoms with Crippen molar-refractivity contribution in [1.82, 2.24) is 0 Å². The summed E-state index contributed by atoms with van der Waals surface area (Å²) < 4.78 is 27.9. The van der Waals surface area contributed by atoms with Crippen molar-refractivity contribution in [1.29, 1.82) is 0 Å². The summed E-state index contributed by atoms with van der Waals surface area (Å²) in [4.78, 5) is 0.266. The average molecular weight is 354 g/mol. The molecule has 0 fully saturated rings. The van der Waals surface area contributed by atoms with Crippen LogP contribution in [0.2, 0.25) is 0 Å². The Bertz CT molecular complexity index is 694. The number of hydrogen-bond acceptors (Lipinski definition) is 2. The summed E-state index contributed by atoms with van der Waals surface area (Å²) in [6, 6.07) is 14.0. The molecule has 2 aromatic rings. The predicted octanol–water partition coefficient (Wildman–Crippen LogP) is 4.37. The van der Waals surface area contributed by atoms with Crippen LogP contribution in [-0.2, 0) is 10.0 Å². The van der Waals surface area contributed by atoms with Gasteiger partial charge in [-0.3, -0.25) is 4.72 Å². The summed E-state index contributed by atoms with van der Waals surface area (Å²) in [6.07, 6.45) is 0. The van der Waals surface area contributed by atoms with E-state index >= 15 is 0 Å². The van der Waals surface area contributed by atoms with Crippen LogP contribution in [0.4, 0.5) is 5.69 Å². The number of anilines is 1. The van der Waals surface area contributed by atoms with Gasteiger partial charge < -0.3 is 0 Å². The first-order valence-electron chi connectivity index (χ1n) is 6.27. The molecule has 2 aromatic carbocycles. The SMILES string of the molecule is CC(C)c1ccc(S(=O)(=O)Nc2cccc(Br)c2)cc1. The van der Waals surface area contributed by atoms with Crippen LogP contribution in [0.15, 0.2) is 57.9 Å². The first-order chi connectivity index (χ1) is 9.38. The van der Waals surface area contributed by atoms with Crippen LogP contribution >= 0.6 is 15.9 Å². The van der Waals surface area contributed by atoms with E-state index in [1.54, 1.807) is 30.3 Å². The summed E-state index contributed by atoms with van der Waals surface area (Å²) in [6.45, 7) is 4.15. The summed E-state index contributed by atoms with van der Waals surface area (Å²) in [7, 11) is -3.54. The zero-order chi connectivity index (χ0) is 14.8. The molecular formula is C15H16BrNO2S. The van der Waals surface area contributed by atoms with Crippen molar-refractivity contribution < 1.29 is 8.42 Å². The van der Waals surface area contributed by atoms with Crippen LogP contribution < -0.4 is 4.72 Å². The van der Waals surface area contributed by atoms with Crippen LogP contribution in [0.3, 0.4) is 0 Å². The number of rotatable bonds is 4. The summed E-state index contributed by atoms with van der Waals surface area (Å²) in [5, 5.41) is 0.